The van der Waals surface area contributed by atoms with Crippen LogP contribution >= 0.6 is 22.9 Å². The van der Waals surface area contributed by atoms with Gasteiger partial charge in [0.2, 0.25) is 11.7 Å². The first kappa shape index (κ1) is 19.5. The number of aromatic nitrogens is 2. The molecule has 0 saturated carbocycles. The van der Waals surface area contributed by atoms with Crippen LogP contribution in [0, 0.1) is 0 Å². The average molecular weight is 406 g/mol. The van der Waals surface area contributed by atoms with Crippen molar-refractivity contribution in [1.82, 2.24) is 15.0 Å². The molecule has 2 heterocycles. The molecule has 0 unspecified atom stereocenters. The maximum atomic E-state index is 12.6. The van der Waals surface area contributed by atoms with Gasteiger partial charge in [0.05, 0.1) is 18.0 Å². The van der Waals surface area contributed by atoms with Crippen molar-refractivity contribution < 1.29 is 14.1 Å². The summed E-state index contributed by atoms with van der Waals surface area (Å²) >= 11 is 7.53. The van der Waals surface area contributed by atoms with Gasteiger partial charge < -0.3 is 9.26 Å². The molecule has 2 aromatic heterocycles. The van der Waals surface area contributed by atoms with Crippen LogP contribution in [-0.4, -0.2) is 34.2 Å². The van der Waals surface area contributed by atoms with Crippen LogP contribution in [0.25, 0.3) is 10.7 Å². The van der Waals surface area contributed by atoms with E-state index in [1.807, 2.05) is 41.5 Å². The van der Waals surface area contributed by atoms with Gasteiger partial charge in [-0.3, -0.25) is 4.90 Å². The summed E-state index contributed by atoms with van der Waals surface area (Å²) in [6, 6.07) is 10.5. The SMILES string of the molecule is CCOC(=O)[C@H](c1ccc(Cl)cc1)N(CC)Cc1nc(-c2cccs2)no1. The number of carbonyl (C=O) groups excluding carboxylic acids is 1. The zero-order valence-corrected chi connectivity index (χ0v) is 16.7. The molecule has 0 aliphatic heterocycles. The Hall–Kier alpha value is -2.22. The van der Waals surface area contributed by atoms with Gasteiger partial charge in [0, 0.05) is 5.02 Å². The van der Waals surface area contributed by atoms with E-state index < -0.39 is 6.04 Å². The number of nitrogens with zero attached hydrogens (tertiary/aromatic N) is 3. The highest BCUT2D eigenvalue weighted by Crippen LogP contribution is 2.27. The lowest BCUT2D eigenvalue weighted by Crippen LogP contribution is -2.35. The molecule has 0 spiro atoms. The normalized spacial score (nSPS) is 12.3. The van der Waals surface area contributed by atoms with Crippen molar-refractivity contribution in [3.8, 4) is 10.7 Å². The highest BCUT2D eigenvalue weighted by atomic mass is 35.5. The number of hydrogen-bond acceptors (Lipinski definition) is 7. The van der Waals surface area contributed by atoms with Crippen molar-refractivity contribution in [1.29, 1.82) is 0 Å². The number of rotatable bonds is 8. The lowest BCUT2D eigenvalue weighted by molar-refractivity contribution is -0.150. The van der Waals surface area contributed by atoms with E-state index in [4.69, 9.17) is 20.9 Å². The Bertz CT molecular complexity index is 865. The van der Waals surface area contributed by atoms with Gasteiger partial charge in [-0.05, 0) is 42.6 Å². The predicted molar refractivity (Wildman–Crippen MR) is 105 cm³/mol. The van der Waals surface area contributed by atoms with Gasteiger partial charge in [0.1, 0.15) is 6.04 Å². The second kappa shape index (κ2) is 9.12. The number of hydrogen-bond donors (Lipinski definition) is 0. The van der Waals surface area contributed by atoms with Crippen molar-refractivity contribution in [3.63, 3.8) is 0 Å². The maximum absolute atomic E-state index is 12.6. The minimum atomic E-state index is -0.579. The second-order valence-corrected chi connectivity index (χ2v) is 7.14. The molecule has 0 radical (unpaired) electrons. The third-order valence-electron chi connectivity index (χ3n) is 4.01. The lowest BCUT2D eigenvalue weighted by Gasteiger charge is -2.28. The number of ether oxygens (including phenoxy) is 1. The fourth-order valence-corrected chi connectivity index (χ4v) is 3.52. The quantitative estimate of drug-likeness (QED) is 0.511. The van der Waals surface area contributed by atoms with Crippen molar-refractivity contribution >= 4 is 28.9 Å². The Balaban J connectivity index is 1.85. The minimum absolute atomic E-state index is 0.309. The molecule has 27 heavy (non-hydrogen) atoms. The Morgan fingerprint density at radius 1 is 1.30 bits per heavy atom. The number of esters is 1. The largest absolute Gasteiger partial charge is 0.465 e. The summed E-state index contributed by atoms with van der Waals surface area (Å²) in [5, 5.41) is 6.61. The zero-order valence-electron chi connectivity index (χ0n) is 15.1. The molecule has 6 nitrogen and oxygen atoms in total. The van der Waals surface area contributed by atoms with Gasteiger partial charge in [0.15, 0.2) is 0 Å². The topological polar surface area (TPSA) is 68.5 Å². The number of halogens is 1. The summed E-state index contributed by atoms with van der Waals surface area (Å²) in [6.07, 6.45) is 0. The van der Waals surface area contributed by atoms with Crippen molar-refractivity contribution in [2.45, 2.75) is 26.4 Å². The Morgan fingerprint density at radius 2 is 2.07 bits per heavy atom. The predicted octanol–water partition coefficient (Wildman–Crippen LogP) is 4.58. The number of carbonyl (C=O) groups is 1. The van der Waals surface area contributed by atoms with E-state index in [-0.39, 0.29) is 5.97 Å². The Kier molecular flexibility index (Phi) is 6.60. The van der Waals surface area contributed by atoms with E-state index in [1.165, 1.54) is 0 Å². The van der Waals surface area contributed by atoms with E-state index in [0.717, 1.165) is 10.4 Å². The summed E-state index contributed by atoms with van der Waals surface area (Å²) in [5.74, 6) is 0.679. The van der Waals surface area contributed by atoms with Gasteiger partial charge in [-0.1, -0.05) is 41.9 Å². The number of thiophene rings is 1. The minimum Gasteiger partial charge on any atom is -0.465 e. The second-order valence-electron chi connectivity index (χ2n) is 5.76. The standard InChI is InChI=1S/C19H20ClN3O3S/c1-3-23(12-16-21-18(22-26-16)15-6-5-11-27-15)17(19(24)25-4-2)13-7-9-14(20)10-8-13/h5-11,17H,3-4,12H2,1-2H3/t17-/m0/s1. The highest BCUT2D eigenvalue weighted by Gasteiger charge is 2.29. The maximum Gasteiger partial charge on any atom is 0.328 e. The molecule has 1 aromatic carbocycles. The molecule has 3 aromatic rings. The molecule has 0 bridgehead atoms. The Labute approximate surface area is 166 Å². The smallest absolute Gasteiger partial charge is 0.328 e. The first-order valence-electron chi connectivity index (χ1n) is 8.65. The third kappa shape index (κ3) is 4.74. The molecule has 3 rings (SSSR count). The Morgan fingerprint density at radius 3 is 2.70 bits per heavy atom. The van der Waals surface area contributed by atoms with Crippen LogP contribution in [-0.2, 0) is 16.1 Å². The van der Waals surface area contributed by atoms with E-state index in [2.05, 4.69) is 10.1 Å². The lowest BCUT2D eigenvalue weighted by atomic mass is 10.1. The summed E-state index contributed by atoms with van der Waals surface area (Å²) < 4.78 is 10.7. The van der Waals surface area contributed by atoms with Crippen molar-refractivity contribution in [3.05, 3.63) is 58.3 Å². The fourth-order valence-electron chi connectivity index (χ4n) is 2.75. The number of benzene rings is 1. The van der Waals surface area contributed by atoms with Gasteiger partial charge >= 0.3 is 5.97 Å². The van der Waals surface area contributed by atoms with Crippen LogP contribution in [0.5, 0.6) is 0 Å². The first-order chi connectivity index (χ1) is 13.1. The zero-order chi connectivity index (χ0) is 19.2. The van der Waals surface area contributed by atoms with Crippen LogP contribution < -0.4 is 0 Å². The molecule has 142 valence electrons. The van der Waals surface area contributed by atoms with E-state index in [1.54, 1.807) is 30.4 Å². The van der Waals surface area contributed by atoms with Gasteiger partial charge in [-0.15, -0.1) is 11.3 Å². The van der Waals surface area contributed by atoms with Gasteiger partial charge in [0.25, 0.3) is 0 Å². The molecule has 0 saturated heterocycles. The number of likely N-dealkylation sites (N-methyl/N-ethyl adjacent to an activating group) is 1. The fraction of sp³-hybridized carbons (Fsp3) is 0.316. The first-order valence-corrected chi connectivity index (χ1v) is 9.90. The van der Waals surface area contributed by atoms with Gasteiger partial charge in [-0.25, -0.2) is 4.79 Å². The summed E-state index contributed by atoms with van der Waals surface area (Å²) in [4.78, 5) is 20.0. The molecular formula is C19H20ClN3O3S. The van der Waals surface area contributed by atoms with Crippen LogP contribution in [0.4, 0.5) is 0 Å². The molecule has 0 aliphatic rings. The molecule has 0 amide bonds. The van der Waals surface area contributed by atoms with Crippen LogP contribution in [0.2, 0.25) is 5.02 Å². The van der Waals surface area contributed by atoms with Crippen LogP contribution in [0.1, 0.15) is 31.3 Å². The highest BCUT2D eigenvalue weighted by molar-refractivity contribution is 7.13. The van der Waals surface area contributed by atoms with Crippen LogP contribution in [0.15, 0.2) is 46.3 Å². The molecule has 1 atom stereocenters. The van der Waals surface area contributed by atoms with E-state index in [9.17, 15) is 4.79 Å². The molecule has 0 N–H and O–H groups in total. The summed E-state index contributed by atoms with van der Waals surface area (Å²) in [6.45, 7) is 5.00. The molecule has 0 fully saturated rings. The third-order valence-corrected chi connectivity index (χ3v) is 5.13. The van der Waals surface area contributed by atoms with E-state index >= 15 is 0 Å². The molecule has 8 heteroatoms. The average Bonchev–Trinajstić information content (AvgIpc) is 3.34. The van der Waals surface area contributed by atoms with Crippen LogP contribution in [0.3, 0.4) is 0 Å². The van der Waals surface area contributed by atoms with Crippen molar-refractivity contribution in [2.24, 2.45) is 0 Å². The monoisotopic (exact) mass is 405 g/mol. The summed E-state index contributed by atoms with van der Waals surface area (Å²) in [7, 11) is 0. The molecular weight excluding hydrogens is 386 g/mol. The van der Waals surface area contributed by atoms with Gasteiger partial charge in [-0.2, -0.15) is 4.98 Å². The molecule has 0 aliphatic carbocycles. The van der Waals surface area contributed by atoms with Crippen molar-refractivity contribution in [2.75, 3.05) is 13.2 Å². The van der Waals surface area contributed by atoms with E-state index in [0.29, 0.717) is 36.4 Å². The summed E-state index contributed by atoms with van der Waals surface area (Å²) in [5.41, 5.74) is 0.803.